The predicted molar refractivity (Wildman–Crippen MR) is 98.6 cm³/mol. The summed E-state index contributed by atoms with van der Waals surface area (Å²) in [5.74, 6) is 0.779. The molecule has 3 N–H and O–H groups in total. The Kier molecular flexibility index (Phi) is 4.33. The third-order valence-electron chi connectivity index (χ3n) is 4.36. The summed E-state index contributed by atoms with van der Waals surface area (Å²) in [4.78, 5) is 21.0. The van der Waals surface area contributed by atoms with Crippen molar-refractivity contribution in [1.82, 2.24) is 14.5 Å². The molecule has 1 aliphatic rings. The highest BCUT2D eigenvalue weighted by Gasteiger charge is 2.15. The molecule has 0 bridgehead atoms. The van der Waals surface area contributed by atoms with Crippen molar-refractivity contribution in [2.75, 3.05) is 5.32 Å². The Hall–Kier alpha value is -2.51. The summed E-state index contributed by atoms with van der Waals surface area (Å²) in [5, 5.41) is 5.35. The SMILES string of the molecule is NCc1nc(C(=O)Nc2ccc(-c3ncc4n3CCCC4)cc2)cs1. The first-order chi connectivity index (χ1) is 12.2. The van der Waals surface area contributed by atoms with Crippen molar-refractivity contribution in [3.8, 4) is 11.4 Å². The minimum absolute atomic E-state index is 0.220. The van der Waals surface area contributed by atoms with Crippen molar-refractivity contribution >= 4 is 22.9 Å². The maximum Gasteiger partial charge on any atom is 0.275 e. The Labute approximate surface area is 149 Å². The van der Waals surface area contributed by atoms with E-state index < -0.39 is 0 Å². The second-order valence-corrected chi connectivity index (χ2v) is 6.99. The molecular weight excluding hydrogens is 334 g/mol. The summed E-state index contributed by atoms with van der Waals surface area (Å²) >= 11 is 1.39. The van der Waals surface area contributed by atoms with Crippen LogP contribution < -0.4 is 11.1 Å². The number of hydrogen-bond donors (Lipinski definition) is 2. The molecule has 4 rings (SSSR count). The van der Waals surface area contributed by atoms with Gasteiger partial charge in [0.25, 0.3) is 5.91 Å². The van der Waals surface area contributed by atoms with Crippen LogP contribution in [0.1, 0.15) is 34.0 Å². The molecular formula is C18H19N5OS. The minimum atomic E-state index is -0.220. The number of hydrogen-bond acceptors (Lipinski definition) is 5. The van der Waals surface area contributed by atoms with Crippen LogP contribution in [0.2, 0.25) is 0 Å². The van der Waals surface area contributed by atoms with E-state index in [-0.39, 0.29) is 5.91 Å². The number of aromatic nitrogens is 3. The first kappa shape index (κ1) is 16.0. The predicted octanol–water partition coefficient (Wildman–Crippen LogP) is 3.05. The number of imidazole rings is 1. The number of thiazole rings is 1. The van der Waals surface area contributed by atoms with E-state index in [2.05, 4.69) is 19.9 Å². The number of nitrogens with zero attached hydrogens (tertiary/aromatic N) is 3. The van der Waals surface area contributed by atoms with E-state index in [4.69, 9.17) is 5.73 Å². The zero-order valence-corrected chi connectivity index (χ0v) is 14.6. The lowest BCUT2D eigenvalue weighted by Gasteiger charge is -2.16. The zero-order chi connectivity index (χ0) is 17.2. The smallest absolute Gasteiger partial charge is 0.275 e. The molecule has 25 heavy (non-hydrogen) atoms. The second-order valence-electron chi connectivity index (χ2n) is 6.04. The Balaban J connectivity index is 1.50. The van der Waals surface area contributed by atoms with Crippen molar-refractivity contribution in [2.24, 2.45) is 5.73 Å². The summed E-state index contributed by atoms with van der Waals surface area (Å²) in [7, 11) is 0. The second kappa shape index (κ2) is 6.78. The van der Waals surface area contributed by atoms with Crippen LogP contribution in [-0.4, -0.2) is 20.4 Å². The van der Waals surface area contributed by atoms with E-state index in [1.807, 2.05) is 30.5 Å². The lowest BCUT2D eigenvalue weighted by molar-refractivity contribution is 0.102. The highest BCUT2D eigenvalue weighted by molar-refractivity contribution is 7.09. The van der Waals surface area contributed by atoms with E-state index in [1.54, 1.807) is 5.38 Å². The van der Waals surface area contributed by atoms with Crippen molar-refractivity contribution < 1.29 is 4.79 Å². The van der Waals surface area contributed by atoms with Gasteiger partial charge in [0.1, 0.15) is 16.5 Å². The van der Waals surface area contributed by atoms with E-state index in [0.29, 0.717) is 12.2 Å². The fourth-order valence-corrected chi connectivity index (χ4v) is 3.73. The average Bonchev–Trinajstić information content (AvgIpc) is 3.29. The molecule has 0 fully saturated rings. The summed E-state index contributed by atoms with van der Waals surface area (Å²) in [5.41, 5.74) is 9.04. The van der Waals surface area contributed by atoms with Gasteiger partial charge in [-0.15, -0.1) is 11.3 Å². The number of fused-ring (bicyclic) bond motifs is 1. The van der Waals surface area contributed by atoms with E-state index in [9.17, 15) is 4.79 Å². The number of rotatable bonds is 4. The maximum atomic E-state index is 12.2. The van der Waals surface area contributed by atoms with E-state index >= 15 is 0 Å². The largest absolute Gasteiger partial charge is 0.328 e. The van der Waals surface area contributed by atoms with Crippen LogP contribution in [0.25, 0.3) is 11.4 Å². The number of benzene rings is 1. The molecule has 128 valence electrons. The molecule has 0 atom stereocenters. The van der Waals surface area contributed by atoms with Gasteiger partial charge in [-0.3, -0.25) is 4.79 Å². The summed E-state index contributed by atoms with van der Waals surface area (Å²) in [6.07, 6.45) is 5.50. The molecule has 1 aromatic carbocycles. The number of carbonyl (C=O) groups excluding carboxylic acids is 1. The fraction of sp³-hybridized carbons (Fsp3) is 0.278. The Morgan fingerprint density at radius 3 is 2.88 bits per heavy atom. The highest BCUT2D eigenvalue weighted by Crippen LogP contribution is 2.25. The molecule has 0 spiro atoms. The van der Waals surface area contributed by atoms with Gasteiger partial charge in [-0.05, 0) is 43.5 Å². The number of amides is 1. The van der Waals surface area contributed by atoms with Crippen LogP contribution in [-0.2, 0) is 19.5 Å². The molecule has 1 amide bonds. The van der Waals surface area contributed by atoms with Crippen molar-refractivity contribution in [3.05, 3.63) is 52.2 Å². The molecule has 6 nitrogen and oxygen atoms in total. The van der Waals surface area contributed by atoms with Crippen molar-refractivity contribution in [1.29, 1.82) is 0 Å². The van der Waals surface area contributed by atoms with E-state index in [1.165, 1.54) is 29.9 Å². The number of anilines is 1. The standard InChI is InChI=1S/C18H19N5OS/c19-9-16-22-15(11-25-16)18(24)21-13-6-4-12(5-7-13)17-20-10-14-3-1-2-8-23(14)17/h4-7,10-11H,1-3,8-9,19H2,(H,21,24). The average molecular weight is 353 g/mol. The molecule has 0 unspecified atom stereocenters. The summed E-state index contributed by atoms with van der Waals surface area (Å²) in [6.45, 7) is 1.37. The molecule has 3 aromatic rings. The molecule has 0 saturated heterocycles. The van der Waals surface area contributed by atoms with Crippen LogP contribution in [0.3, 0.4) is 0 Å². The summed E-state index contributed by atoms with van der Waals surface area (Å²) < 4.78 is 2.29. The third kappa shape index (κ3) is 3.20. The first-order valence-corrected chi connectivity index (χ1v) is 9.23. The van der Waals surface area contributed by atoms with Crippen molar-refractivity contribution in [2.45, 2.75) is 32.4 Å². The normalized spacial score (nSPS) is 13.5. The van der Waals surface area contributed by atoms with Crippen LogP contribution >= 0.6 is 11.3 Å². The van der Waals surface area contributed by atoms with Gasteiger partial charge < -0.3 is 15.6 Å². The van der Waals surface area contributed by atoms with Gasteiger partial charge in [0.2, 0.25) is 0 Å². The maximum absolute atomic E-state index is 12.2. The topological polar surface area (TPSA) is 85.8 Å². The number of aryl methyl sites for hydroxylation is 1. The molecule has 0 radical (unpaired) electrons. The lowest BCUT2D eigenvalue weighted by Crippen LogP contribution is -2.13. The van der Waals surface area contributed by atoms with Gasteiger partial charge in [-0.25, -0.2) is 9.97 Å². The summed E-state index contributed by atoms with van der Waals surface area (Å²) in [6, 6.07) is 7.78. The quantitative estimate of drug-likeness (QED) is 0.755. The van der Waals surface area contributed by atoms with Crippen LogP contribution in [0.5, 0.6) is 0 Å². The van der Waals surface area contributed by atoms with Gasteiger partial charge in [-0.1, -0.05) is 0 Å². The first-order valence-electron chi connectivity index (χ1n) is 8.35. The minimum Gasteiger partial charge on any atom is -0.328 e. The lowest BCUT2D eigenvalue weighted by atomic mass is 10.1. The number of nitrogens with one attached hydrogen (secondary N) is 1. The molecule has 0 saturated carbocycles. The number of carbonyl (C=O) groups is 1. The van der Waals surface area contributed by atoms with Gasteiger partial charge in [0, 0.05) is 41.6 Å². The van der Waals surface area contributed by atoms with Gasteiger partial charge in [0.15, 0.2) is 0 Å². The molecule has 0 aliphatic carbocycles. The molecule has 3 heterocycles. The Bertz CT molecular complexity index is 897. The number of nitrogens with two attached hydrogens (primary N) is 1. The van der Waals surface area contributed by atoms with E-state index in [0.717, 1.165) is 35.0 Å². The Morgan fingerprint density at radius 2 is 2.12 bits per heavy atom. The third-order valence-corrected chi connectivity index (χ3v) is 5.23. The molecule has 1 aliphatic heterocycles. The molecule has 7 heteroatoms. The monoisotopic (exact) mass is 353 g/mol. The van der Waals surface area contributed by atoms with Gasteiger partial charge >= 0.3 is 0 Å². The fourth-order valence-electron chi connectivity index (χ4n) is 3.07. The van der Waals surface area contributed by atoms with Gasteiger partial charge in [-0.2, -0.15) is 0 Å². The van der Waals surface area contributed by atoms with Crippen LogP contribution in [0.15, 0.2) is 35.8 Å². The van der Waals surface area contributed by atoms with Gasteiger partial charge in [0.05, 0.1) is 0 Å². The molecule has 2 aromatic heterocycles. The van der Waals surface area contributed by atoms with Crippen molar-refractivity contribution in [3.63, 3.8) is 0 Å². The van der Waals surface area contributed by atoms with Crippen LogP contribution in [0.4, 0.5) is 5.69 Å². The van der Waals surface area contributed by atoms with Crippen LogP contribution in [0, 0.1) is 0 Å². The zero-order valence-electron chi connectivity index (χ0n) is 13.7. The highest BCUT2D eigenvalue weighted by atomic mass is 32.1. The Morgan fingerprint density at radius 1 is 1.28 bits per heavy atom.